The summed E-state index contributed by atoms with van der Waals surface area (Å²) in [5.41, 5.74) is 12.1. The van der Waals surface area contributed by atoms with Crippen LogP contribution in [0.2, 0.25) is 0 Å². The zero-order chi connectivity index (χ0) is 33.1. The lowest BCUT2D eigenvalue weighted by Gasteiger charge is -2.25. The summed E-state index contributed by atoms with van der Waals surface area (Å²) < 4.78 is 6.30. The van der Waals surface area contributed by atoms with Gasteiger partial charge in [0.05, 0.1) is 0 Å². The van der Waals surface area contributed by atoms with Crippen molar-refractivity contribution in [2.75, 3.05) is 0 Å². The minimum atomic E-state index is -0.212. The summed E-state index contributed by atoms with van der Waals surface area (Å²) in [6, 6.07) is 58.3. The monoisotopic (exact) mass is 636 g/mol. The predicted octanol–water partition coefficient (Wildman–Crippen LogP) is 13.8. The number of fused-ring (bicyclic) bond motifs is 12. The Morgan fingerprint density at radius 2 is 1.04 bits per heavy atom. The van der Waals surface area contributed by atoms with Crippen LogP contribution >= 0.6 is 0 Å². The molecule has 0 saturated carbocycles. The van der Waals surface area contributed by atoms with Crippen LogP contribution in [0.3, 0.4) is 0 Å². The van der Waals surface area contributed by atoms with E-state index in [1.165, 1.54) is 87.6 Å². The molecular weight excluding hydrogens is 605 g/mol. The van der Waals surface area contributed by atoms with Crippen LogP contribution in [0.1, 0.15) is 25.0 Å². The Morgan fingerprint density at radius 3 is 1.88 bits per heavy atom. The standard InChI is InChI=1S/C49H32O/c1-49(2)43-28-33(46-35-15-7-5-13-31(35)25-41-34-14-6-3-11-29(34)19-22-38(41)46)27-40(47(43)39-23-20-30-12-4-8-16-36(30)48(39)49)32-21-24-45-42(26-32)37-17-9-10-18-44(37)50-45/h3-28H,1-2H3. The van der Waals surface area contributed by atoms with Gasteiger partial charge < -0.3 is 4.42 Å². The van der Waals surface area contributed by atoms with Crippen molar-refractivity contribution < 1.29 is 4.42 Å². The third kappa shape index (κ3) is 3.72. The maximum Gasteiger partial charge on any atom is 0.135 e. The number of furan rings is 1. The number of benzene rings is 9. The van der Waals surface area contributed by atoms with Crippen LogP contribution in [0.25, 0.3) is 98.4 Å². The van der Waals surface area contributed by atoms with Gasteiger partial charge in [0, 0.05) is 16.2 Å². The Balaban J connectivity index is 1.29. The van der Waals surface area contributed by atoms with Gasteiger partial charge in [0.15, 0.2) is 0 Å². The Bertz CT molecular complexity index is 3060. The Labute approximate surface area is 290 Å². The van der Waals surface area contributed by atoms with Crippen molar-refractivity contribution in [3.8, 4) is 33.4 Å². The molecular formula is C49H32O. The van der Waals surface area contributed by atoms with Gasteiger partial charge in [-0.15, -0.1) is 0 Å². The van der Waals surface area contributed by atoms with Crippen molar-refractivity contribution in [1.29, 1.82) is 0 Å². The molecule has 234 valence electrons. The van der Waals surface area contributed by atoms with Gasteiger partial charge in [0.1, 0.15) is 11.2 Å². The molecule has 0 atom stereocenters. The molecule has 0 radical (unpaired) electrons. The minimum Gasteiger partial charge on any atom is -0.456 e. The highest BCUT2D eigenvalue weighted by molar-refractivity contribution is 6.20. The SMILES string of the molecule is CC1(C)c2cc(-c3c4ccccc4cc4c3ccc3ccccc34)cc(-c3ccc4oc5ccccc5c4c3)c2-c2ccc3ccccc3c21. The van der Waals surface area contributed by atoms with E-state index < -0.39 is 0 Å². The van der Waals surface area contributed by atoms with Gasteiger partial charge >= 0.3 is 0 Å². The van der Waals surface area contributed by atoms with Gasteiger partial charge in [-0.3, -0.25) is 0 Å². The lowest BCUT2D eigenvalue weighted by Crippen LogP contribution is -2.15. The molecule has 0 fully saturated rings. The fourth-order valence-corrected chi connectivity index (χ4v) is 9.11. The molecule has 1 aliphatic rings. The third-order valence-corrected chi connectivity index (χ3v) is 11.4. The molecule has 1 heterocycles. The highest BCUT2D eigenvalue weighted by Crippen LogP contribution is 2.56. The topological polar surface area (TPSA) is 13.1 Å². The van der Waals surface area contributed by atoms with Crippen LogP contribution in [-0.4, -0.2) is 0 Å². The quantitative estimate of drug-likeness (QED) is 0.136. The molecule has 1 aromatic heterocycles. The van der Waals surface area contributed by atoms with E-state index in [1.54, 1.807) is 0 Å². The highest BCUT2D eigenvalue weighted by Gasteiger charge is 2.39. The summed E-state index contributed by atoms with van der Waals surface area (Å²) in [4.78, 5) is 0. The van der Waals surface area contributed by atoms with Crippen LogP contribution in [-0.2, 0) is 5.41 Å². The van der Waals surface area contributed by atoms with E-state index in [9.17, 15) is 0 Å². The molecule has 0 unspecified atom stereocenters. The average Bonchev–Trinajstić information content (AvgIpc) is 3.65. The van der Waals surface area contributed by atoms with Gasteiger partial charge in [-0.1, -0.05) is 135 Å². The van der Waals surface area contributed by atoms with E-state index in [2.05, 4.69) is 166 Å². The van der Waals surface area contributed by atoms with Crippen molar-refractivity contribution in [1.82, 2.24) is 0 Å². The molecule has 0 saturated heterocycles. The first-order valence-corrected chi connectivity index (χ1v) is 17.5. The molecule has 11 rings (SSSR count). The summed E-state index contributed by atoms with van der Waals surface area (Å²) in [5, 5.41) is 12.6. The van der Waals surface area contributed by atoms with Crippen molar-refractivity contribution in [2.45, 2.75) is 19.3 Å². The normalized spacial score (nSPS) is 13.6. The number of para-hydroxylation sites is 1. The number of hydrogen-bond acceptors (Lipinski definition) is 1. The van der Waals surface area contributed by atoms with E-state index in [4.69, 9.17) is 4.42 Å². The van der Waals surface area contributed by atoms with E-state index >= 15 is 0 Å². The predicted molar refractivity (Wildman–Crippen MR) is 212 cm³/mol. The second-order valence-electron chi connectivity index (χ2n) is 14.4. The smallest absolute Gasteiger partial charge is 0.135 e. The van der Waals surface area contributed by atoms with Gasteiger partial charge in [0.2, 0.25) is 0 Å². The molecule has 50 heavy (non-hydrogen) atoms. The minimum absolute atomic E-state index is 0.212. The van der Waals surface area contributed by atoms with Crippen molar-refractivity contribution in [3.63, 3.8) is 0 Å². The molecule has 10 aromatic rings. The maximum atomic E-state index is 6.30. The van der Waals surface area contributed by atoms with Crippen molar-refractivity contribution >= 4 is 65.0 Å². The van der Waals surface area contributed by atoms with E-state index in [1.807, 2.05) is 6.07 Å². The Kier molecular flexibility index (Phi) is 5.51. The van der Waals surface area contributed by atoms with Crippen LogP contribution in [0.15, 0.2) is 162 Å². The van der Waals surface area contributed by atoms with E-state index in [0.717, 1.165) is 21.9 Å². The first-order valence-electron chi connectivity index (χ1n) is 17.5. The Morgan fingerprint density at radius 1 is 0.380 bits per heavy atom. The lowest BCUT2D eigenvalue weighted by molar-refractivity contribution is 0.666. The van der Waals surface area contributed by atoms with E-state index in [-0.39, 0.29) is 5.41 Å². The molecule has 9 aromatic carbocycles. The van der Waals surface area contributed by atoms with Gasteiger partial charge in [0.25, 0.3) is 0 Å². The summed E-state index contributed by atoms with van der Waals surface area (Å²) in [5.74, 6) is 0. The molecule has 1 heteroatoms. The van der Waals surface area contributed by atoms with Crippen LogP contribution in [0.5, 0.6) is 0 Å². The molecule has 1 aliphatic carbocycles. The van der Waals surface area contributed by atoms with Gasteiger partial charge in [-0.05, 0) is 124 Å². The zero-order valence-electron chi connectivity index (χ0n) is 27.9. The zero-order valence-corrected chi connectivity index (χ0v) is 27.9. The maximum absolute atomic E-state index is 6.30. The van der Waals surface area contributed by atoms with Crippen molar-refractivity contribution in [2.24, 2.45) is 0 Å². The third-order valence-electron chi connectivity index (χ3n) is 11.4. The second-order valence-corrected chi connectivity index (χ2v) is 14.4. The molecule has 0 amide bonds. The van der Waals surface area contributed by atoms with Crippen LogP contribution < -0.4 is 0 Å². The molecule has 0 bridgehead atoms. The first kappa shape index (κ1) is 27.7. The van der Waals surface area contributed by atoms with E-state index in [0.29, 0.717) is 0 Å². The average molecular weight is 637 g/mol. The summed E-state index contributed by atoms with van der Waals surface area (Å²) in [6.07, 6.45) is 0. The number of rotatable bonds is 2. The molecule has 1 nitrogen and oxygen atoms in total. The fourth-order valence-electron chi connectivity index (χ4n) is 9.11. The second kappa shape index (κ2) is 9.94. The summed E-state index contributed by atoms with van der Waals surface area (Å²) in [6.45, 7) is 4.83. The number of hydrogen-bond donors (Lipinski definition) is 0. The molecule has 0 aliphatic heterocycles. The summed E-state index contributed by atoms with van der Waals surface area (Å²) >= 11 is 0. The first-order chi connectivity index (χ1) is 24.5. The molecule has 0 N–H and O–H groups in total. The Hall–Kier alpha value is -6.18. The van der Waals surface area contributed by atoms with Crippen LogP contribution in [0.4, 0.5) is 0 Å². The fraction of sp³-hybridized carbons (Fsp3) is 0.0612. The van der Waals surface area contributed by atoms with Gasteiger partial charge in [-0.25, -0.2) is 0 Å². The van der Waals surface area contributed by atoms with Crippen LogP contribution in [0, 0.1) is 0 Å². The largest absolute Gasteiger partial charge is 0.456 e. The van der Waals surface area contributed by atoms with Gasteiger partial charge in [-0.2, -0.15) is 0 Å². The summed E-state index contributed by atoms with van der Waals surface area (Å²) in [7, 11) is 0. The lowest BCUT2D eigenvalue weighted by atomic mass is 9.78. The highest BCUT2D eigenvalue weighted by atomic mass is 16.3. The molecule has 0 spiro atoms. The van der Waals surface area contributed by atoms with Crippen molar-refractivity contribution in [3.05, 3.63) is 169 Å².